The summed E-state index contributed by atoms with van der Waals surface area (Å²) in [5.74, 6) is -2.39. The third-order valence-electron chi connectivity index (χ3n) is 5.86. The Balaban J connectivity index is 1.41. The van der Waals surface area contributed by atoms with Gasteiger partial charge in [0.1, 0.15) is 11.6 Å². The first kappa shape index (κ1) is 21.2. The molecule has 1 aromatic carbocycles. The fourth-order valence-electron chi connectivity index (χ4n) is 4.12. The van der Waals surface area contributed by atoms with Crippen LogP contribution in [0.2, 0.25) is 0 Å². The van der Waals surface area contributed by atoms with Crippen LogP contribution in [-0.2, 0) is 11.3 Å². The van der Waals surface area contributed by atoms with Gasteiger partial charge in [0.15, 0.2) is 11.8 Å². The minimum Gasteiger partial charge on any atom is -0.478 e. The average molecular weight is 431 g/mol. The van der Waals surface area contributed by atoms with E-state index < -0.39 is 23.8 Å². The summed E-state index contributed by atoms with van der Waals surface area (Å²) in [5.41, 5.74) is 1.01. The third kappa shape index (κ3) is 4.36. The van der Waals surface area contributed by atoms with E-state index in [4.69, 9.17) is 9.84 Å². The highest BCUT2D eigenvalue weighted by Crippen LogP contribution is 2.35. The van der Waals surface area contributed by atoms with Crippen LogP contribution in [0.4, 0.5) is 14.5 Å². The van der Waals surface area contributed by atoms with Crippen molar-refractivity contribution in [3.05, 3.63) is 52.9 Å². The number of benzene rings is 1. The minimum absolute atomic E-state index is 0.0707. The molecule has 0 spiro atoms. The van der Waals surface area contributed by atoms with E-state index in [2.05, 4.69) is 15.2 Å². The van der Waals surface area contributed by atoms with Gasteiger partial charge in [-0.3, -0.25) is 9.69 Å². The smallest absolute Gasteiger partial charge is 0.354 e. The van der Waals surface area contributed by atoms with Crippen molar-refractivity contribution >= 4 is 17.6 Å². The maximum atomic E-state index is 14.6. The molecule has 0 radical (unpaired) electrons. The fourth-order valence-corrected chi connectivity index (χ4v) is 4.12. The largest absolute Gasteiger partial charge is 0.478 e. The van der Waals surface area contributed by atoms with Crippen LogP contribution in [0.15, 0.2) is 24.3 Å². The third-order valence-corrected chi connectivity index (χ3v) is 5.86. The highest BCUT2D eigenvalue weighted by atomic mass is 19.1. The number of rotatable bonds is 5. The molecule has 0 aliphatic carbocycles. The number of hydrogen-bond acceptors (Lipinski definition) is 5. The van der Waals surface area contributed by atoms with E-state index in [0.717, 1.165) is 0 Å². The van der Waals surface area contributed by atoms with Gasteiger partial charge in [0.2, 0.25) is 5.95 Å². The van der Waals surface area contributed by atoms with Gasteiger partial charge >= 0.3 is 5.97 Å². The molecule has 3 heterocycles. The SMILES string of the molecule is CCC1Oc2cc(F)c(CN3CCC(c4ccc(C(=O)O)nc4F)CC3)cc2NC1=O. The fraction of sp³-hybridized carbons (Fsp3) is 0.409. The molecule has 2 aliphatic rings. The standard InChI is InChI=1S/C22H23F2N3O4/c1-2-18-21(28)26-17-9-13(15(23)10-19(17)31-18)11-27-7-5-12(6-8-27)14-3-4-16(22(29)30)25-20(14)24/h3-4,9-10,12,18H,2,5-8,11H2,1H3,(H,26,28)(H,29,30). The molecule has 7 nitrogen and oxygen atoms in total. The van der Waals surface area contributed by atoms with Crippen molar-refractivity contribution in [2.45, 2.75) is 44.8 Å². The number of nitrogens with zero attached hydrogens (tertiary/aromatic N) is 2. The van der Waals surface area contributed by atoms with E-state index in [1.165, 1.54) is 18.2 Å². The number of aromatic carboxylic acids is 1. The summed E-state index contributed by atoms with van der Waals surface area (Å²) in [5, 5.41) is 11.7. The van der Waals surface area contributed by atoms with E-state index in [0.29, 0.717) is 61.5 Å². The second-order valence-corrected chi connectivity index (χ2v) is 7.88. The van der Waals surface area contributed by atoms with Crippen LogP contribution in [0.1, 0.15) is 53.7 Å². The van der Waals surface area contributed by atoms with Gasteiger partial charge in [-0.2, -0.15) is 4.39 Å². The molecule has 1 fully saturated rings. The first-order valence-corrected chi connectivity index (χ1v) is 10.3. The second kappa shape index (κ2) is 8.58. The predicted molar refractivity (Wildman–Crippen MR) is 108 cm³/mol. The lowest BCUT2D eigenvalue weighted by Crippen LogP contribution is -2.36. The normalized spacial score (nSPS) is 19.5. The van der Waals surface area contributed by atoms with E-state index in [1.54, 1.807) is 6.07 Å². The van der Waals surface area contributed by atoms with Crippen molar-refractivity contribution in [2.75, 3.05) is 18.4 Å². The van der Waals surface area contributed by atoms with Gasteiger partial charge in [0, 0.05) is 23.7 Å². The van der Waals surface area contributed by atoms with Gasteiger partial charge in [-0.05, 0) is 50.4 Å². The molecule has 1 amide bonds. The number of aromatic nitrogens is 1. The number of carbonyl (C=O) groups is 2. The van der Waals surface area contributed by atoms with Crippen molar-refractivity contribution in [3.63, 3.8) is 0 Å². The summed E-state index contributed by atoms with van der Waals surface area (Å²) in [6.07, 6.45) is 1.18. The first-order chi connectivity index (χ1) is 14.9. The van der Waals surface area contributed by atoms with Crippen molar-refractivity contribution in [1.82, 2.24) is 9.88 Å². The van der Waals surface area contributed by atoms with Gasteiger partial charge in [-0.1, -0.05) is 13.0 Å². The molecule has 2 aliphatic heterocycles. The van der Waals surface area contributed by atoms with Gasteiger partial charge in [-0.15, -0.1) is 0 Å². The number of anilines is 1. The maximum absolute atomic E-state index is 14.6. The summed E-state index contributed by atoms with van der Waals surface area (Å²) < 4.78 is 34.5. The van der Waals surface area contributed by atoms with Crippen LogP contribution >= 0.6 is 0 Å². The number of piperidine rings is 1. The molecule has 2 N–H and O–H groups in total. The summed E-state index contributed by atoms with van der Waals surface area (Å²) in [7, 11) is 0. The molecule has 1 saturated heterocycles. The highest BCUT2D eigenvalue weighted by molar-refractivity contribution is 5.97. The molecule has 0 saturated carbocycles. The number of likely N-dealkylation sites (tertiary alicyclic amines) is 1. The number of amides is 1. The number of halogens is 2. The molecule has 1 unspecified atom stereocenters. The number of pyridine rings is 1. The number of carboxylic acids is 1. The number of carbonyl (C=O) groups excluding carboxylic acids is 1. The van der Waals surface area contributed by atoms with Crippen molar-refractivity contribution in [3.8, 4) is 5.75 Å². The predicted octanol–water partition coefficient (Wildman–Crippen LogP) is 3.55. The van der Waals surface area contributed by atoms with E-state index in [-0.39, 0.29) is 17.5 Å². The monoisotopic (exact) mass is 431 g/mol. The summed E-state index contributed by atoms with van der Waals surface area (Å²) in [6.45, 7) is 3.44. The summed E-state index contributed by atoms with van der Waals surface area (Å²) in [4.78, 5) is 28.5. The Morgan fingerprint density at radius 2 is 2.03 bits per heavy atom. The number of nitrogens with one attached hydrogen (secondary N) is 1. The Labute approximate surface area is 178 Å². The summed E-state index contributed by atoms with van der Waals surface area (Å²) in [6, 6.07) is 5.72. The van der Waals surface area contributed by atoms with Crippen LogP contribution < -0.4 is 10.1 Å². The molecular weight excluding hydrogens is 408 g/mol. The van der Waals surface area contributed by atoms with E-state index in [1.807, 2.05) is 6.92 Å². The first-order valence-electron chi connectivity index (χ1n) is 10.3. The maximum Gasteiger partial charge on any atom is 0.354 e. The lowest BCUT2D eigenvalue weighted by Gasteiger charge is -2.32. The van der Waals surface area contributed by atoms with Gasteiger partial charge in [0.05, 0.1) is 5.69 Å². The molecule has 4 rings (SSSR count). The molecule has 31 heavy (non-hydrogen) atoms. The van der Waals surface area contributed by atoms with E-state index in [9.17, 15) is 18.4 Å². The second-order valence-electron chi connectivity index (χ2n) is 7.88. The zero-order chi connectivity index (χ0) is 22.1. The Kier molecular flexibility index (Phi) is 5.86. The van der Waals surface area contributed by atoms with Crippen LogP contribution in [0.3, 0.4) is 0 Å². The highest BCUT2D eigenvalue weighted by Gasteiger charge is 2.29. The number of carboxylic acid groups (broad SMARTS) is 1. The van der Waals surface area contributed by atoms with Gasteiger partial charge < -0.3 is 15.2 Å². The number of fused-ring (bicyclic) bond motifs is 1. The lowest BCUT2D eigenvalue weighted by atomic mass is 9.90. The molecule has 0 bridgehead atoms. The van der Waals surface area contributed by atoms with Crippen LogP contribution in [0.25, 0.3) is 0 Å². The minimum atomic E-state index is -1.26. The average Bonchev–Trinajstić information content (AvgIpc) is 2.75. The topological polar surface area (TPSA) is 91.8 Å². The Hall–Kier alpha value is -3.07. The molecule has 1 aromatic heterocycles. The Bertz CT molecular complexity index is 1020. The van der Waals surface area contributed by atoms with Crippen LogP contribution in [0.5, 0.6) is 5.75 Å². The van der Waals surface area contributed by atoms with Crippen molar-refractivity contribution in [2.24, 2.45) is 0 Å². The van der Waals surface area contributed by atoms with Crippen molar-refractivity contribution in [1.29, 1.82) is 0 Å². The molecule has 9 heteroatoms. The van der Waals surface area contributed by atoms with Crippen LogP contribution in [0, 0.1) is 11.8 Å². The van der Waals surface area contributed by atoms with Gasteiger partial charge in [-0.25, -0.2) is 14.2 Å². The van der Waals surface area contributed by atoms with Crippen LogP contribution in [-0.4, -0.2) is 46.1 Å². The Morgan fingerprint density at radius 1 is 1.29 bits per heavy atom. The quantitative estimate of drug-likeness (QED) is 0.704. The molecule has 164 valence electrons. The Morgan fingerprint density at radius 3 is 2.68 bits per heavy atom. The zero-order valence-electron chi connectivity index (χ0n) is 17.0. The number of ether oxygens (including phenoxy) is 1. The lowest BCUT2D eigenvalue weighted by molar-refractivity contribution is -0.123. The van der Waals surface area contributed by atoms with Crippen molar-refractivity contribution < 1.29 is 28.2 Å². The molecule has 1 atom stereocenters. The van der Waals surface area contributed by atoms with E-state index >= 15 is 0 Å². The molecular formula is C22H23F2N3O4. The zero-order valence-corrected chi connectivity index (χ0v) is 17.0. The summed E-state index contributed by atoms with van der Waals surface area (Å²) >= 11 is 0. The number of hydrogen-bond donors (Lipinski definition) is 2. The molecule has 2 aromatic rings. The van der Waals surface area contributed by atoms with Gasteiger partial charge in [0.25, 0.3) is 5.91 Å².